The molecule has 47 heavy (non-hydrogen) atoms. The van der Waals surface area contributed by atoms with Crippen molar-refractivity contribution in [3.8, 4) is 11.6 Å². The third-order valence-corrected chi connectivity index (χ3v) is 10.7. The van der Waals surface area contributed by atoms with Crippen LogP contribution in [0, 0.1) is 11.3 Å². The van der Waals surface area contributed by atoms with Gasteiger partial charge in [0.05, 0.1) is 26.0 Å². The van der Waals surface area contributed by atoms with Gasteiger partial charge in [0, 0.05) is 23.9 Å². The predicted molar refractivity (Wildman–Crippen MR) is 171 cm³/mol. The van der Waals surface area contributed by atoms with Gasteiger partial charge in [-0.3, -0.25) is 19.1 Å². The Kier molecular flexibility index (Phi) is 9.14. The van der Waals surface area contributed by atoms with Crippen LogP contribution in [0.1, 0.15) is 46.5 Å². The Morgan fingerprint density at radius 2 is 1.87 bits per heavy atom. The van der Waals surface area contributed by atoms with Gasteiger partial charge in [-0.2, -0.15) is 0 Å². The maximum atomic E-state index is 14.2. The first-order chi connectivity index (χ1) is 22.1. The molecule has 1 saturated heterocycles. The minimum absolute atomic E-state index is 0.0255. The third-order valence-electron chi connectivity index (χ3n) is 8.87. The molecule has 14 nitrogen and oxygen atoms in total. The monoisotopic (exact) mass is 671 g/mol. The minimum Gasteiger partial charge on any atom is -0.497 e. The molecule has 2 heterocycles. The van der Waals surface area contributed by atoms with Gasteiger partial charge in [0.15, 0.2) is 0 Å². The first-order valence-corrected chi connectivity index (χ1v) is 16.9. The molecule has 2 saturated carbocycles. The molecule has 3 aliphatic rings. The highest BCUT2D eigenvalue weighted by molar-refractivity contribution is 7.91. The molecule has 0 spiro atoms. The second-order valence-electron chi connectivity index (χ2n) is 13.3. The number of methoxy groups -OCH3 is 2. The second-order valence-corrected chi connectivity index (χ2v) is 15.3. The van der Waals surface area contributed by atoms with Gasteiger partial charge in [0.1, 0.15) is 29.5 Å². The van der Waals surface area contributed by atoms with Crippen LogP contribution in [0.3, 0.4) is 0 Å². The topological polar surface area (TPSA) is 182 Å². The lowest BCUT2D eigenvalue weighted by Gasteiger charge is -2.35. The summed E-state index contributed by atoms with van der Waals surface area (Å²) in [7, 11) is -1.14. The van der Waals surface area contributed by atoms with Crippen LogP contribution < -0.4 is 24.8 Å². The number of aromatic nitrogens is 1. The fourth-order valence-electron chi connectivity index (χ4n) is 5.89. The number of carbonyl (C=O) groups excluding carboxylic acids is 4. The van der Waals surface area contributed by atoms with Gasteiger partial charge in [0.25, 0.3) is 5.91 Å². The summed E-state index contributed by atoms with van der Waals surface area (Å²) in [5.41, 5.74) is -2.33. The Balaban J connectivity index is 1.44. The molecule has 5 rings (SSSR count). The lowest BCUT2D eigenvalue weighted by molar-refractivity contribution is -0.142. The molecule has 3 fully saturated rings. The van der Waals surface area contributed by atoms with Crippen molar-refractivity contribution >= 4 is 44.6 Å². The maximum absolute atomic E-state index is 14.2. The quantitative estimate of drug-likeness (QED) is 0.299. The first kappa shape index (κ1) is 33.9. The molecule has 1 aliphatic heterocycles. The number of amides is 4. The smallest absolute Gasteiger partial charge is 0.407 e. The van der Waals surface area contributed by atoms with Crippen LogP contribution in [-0.2, 0) is 29.1 Å². The number of hydrogen-bond donors (Lipinski definition) is 3. The SMILES string of the molecule is C=CC1CC1(NC(=O)C1CC(Oc2nccc3cc(OC)ccc23)CN1C(=O)C(NC(=O)OC)C(C)(C)C)C(=O)NS(=O)(=O)C1CC1. The Hall–Kier alpha value is -4.40. The summed E-state index contributed by atoms with van der Waals surface area (Å²) in [5, 5.41) is 6.21. The van der Waals surface area contributed by atoms with Crippen molar-refractivity contribution in [3.63, 3.8) is 0 Å². The predicted octanol–water partition coefficient (Wildman–Crippen LogP) is 2.03. The van der Waals surface area contributed by atoms with Crippen molar-refractivity contribution in [3.05, 3.63) is 43.1 Å². The zero-order chi connectivity index (χ0) is 34.3. The zero-order valence-electron chi connectivity index (χ0n) is 27.1. The third kappa shape index (κ3) is 6.99. The number of hydrogen-bond acceptors (Lipinski definition) is 10. The minimum atomic E-state index is -3.88. The van der Waals surface area contributed by atoms with Crippen LogP contribution in [0.2, 0.25) is 0 Å². The van der Waals surface area contributed by atoms with Gasteiger partial charge >= 0.3 is 6.09 Å². The Bertz CT molecular complexity index is 1700. The van der Waals surface area contributed by atoms with Crippen LogP contribution in [0.25, 0.3) is 10.8 Å². The molecule has 0 bridgehead atoms. The number of rotatable bonds is 11. The summed E-state index contributed by atoms with van der Waals surface area (Å²) in [6, 6.07) is 4.98. The summed E-state index contributed by atoms with van der Waals surface area (Å²) in [5.74, 6) is -1.65. The molecule has 4 amide bonds. The van der Waals surface area contributed by atoms with Crippen LogP contribution in [0.15, 0.2) is 43.1 Å². The molecule has 15 heteroatoms. The van der Waals surface area contributed by atoms with E-state index in [-0.39, 0.29) is 19.4 Å². The Morgan fingerprint density at radius 1 is 1.15 bits per heavy atom. The number of carbonyl (C=O) groups is 4. The first-order valence-electron chi connectivity index (χ1n) is 15.4. The van der Waals surface area contributed by atoms with Gasteiger partial charge in [-0.1, -0.05) is 26.8 Å². The second kappa shape index (κ2) is 12.7. The van der Waals surface area contributed by atoms with Gasteiger partial charge < -0.3 is 29.7 Å². The van der Waals surface area contributed by atoms with Crippen molar-refractivity contribution in [1.29, 1.82) is 0 Å². The normalized spacial score (nSPS) is 24.5. The molecule has 5 atom stereocenters. The summed E-state index contributed by atoms with van der Waals surface area (Å²) in [6.45, 7) is 8.98. The average molecular weight is 672 g/mol. The zero-order valence-corrected chi connectivity index (χ0v) is 27.9. The van der Waals surface area contributed by atoms with Crippen molar-refractivity contribution in [2.45, 2.75) is 75.4 Å². The molecule has 254 valence electrons. The molecule has 5 unspecified atom stereocenters. The highest BCUT2D eigenvalue weighted by atomic mass is 32.2. The highest BCUT2D eigenvalue weighted by Gasteiger charge is 2.62. The van der Waals surface area contributed by atoms with E-state index in [9.17, 15) is 27.6 Å². The number of nitrogens with zero attached hydrogens (tertiary/aromatic N) is 2. The molecule has 2 aromatic rings. The molecular weight excluding hydrogens is 630 g/mol. The van der Waals surface area contributed by atoms with Crippen LogP contribution in [0.4, 0.5) is 4.79 Å². The summed E-state index contributed by atoms with van der Waals surface area (Å²) in [4.78, 5) is 59.5. The van der Waals surface area contributed by atoms with Crippen molar-refractivity contribution in [2.24, 2.45) is 11.3 Å². The van der Waals surface area contributed by atoms with Crippen LogP contribution in [-0.4, -0.2) is 91.9 Å². The van der Waals surface area contributed by atoms with E-state index in [1.54, 1.807) is 52.3 Å². The summed E-state index contributed by atoms with van der Waals surface area (Å²) in [6.07, 6.45) is 2.64. The maximum Gasteiger partial charge on any atom is 0.407 e. The van der Waals surface area contributed by atoms with Gasteiger partial charge in [-0.25, -0.2) is 18.2 Å². The fourth-order valence-corrected chi connectivity index (χ4v) is 7.26. The molecule has 3 N–H and O–H groups in total. The number of nitrogens with one attached hydrogen (secondary N) is 3. The van der Waals surface area contributed by atoms with E-state index in [2.05, 4.69) is 26.9 Å². The number of likely N-dealkylation sites (tertiary alicyclic amines) is 1. The average Bonchev–Trinajstić information content (AvgIpc) is 3.95. The largest absolute Gasteiger partial charge is 0.497 e. The molecule has 1 aromatic heterocycles. The number of ether oxygens (including phenoxy) is 3. The van der Waals surface area contributed by atoms with Crippen molar-refractivity contribution < 1.29 is 41.8 Å². The molecule has 2 aliphatic carbocycles. The lowest BCUT2D eigenvalue weighted by atomic mass is 9.85. The number of pyridine rings is 1. The van der Waals surface area contributed by atoms with Crippen molar-refractivity contribution in [2.75, 3.05) is 20.8 Å². The summed E-state index contributed by atoms with van der Waals surface area (Å²) < 4.78 is 43.7. The van der Waals surface area contributed by atoms with Crippen LogP contribution in [0.5, 0.6) is 11.6 Å². The van der Waals surface area contributed by atoms with Crippen molar-refractivity contribution in [1.82, 2.24) is 25.2 Å². The summed E-state index contributed by atoms with van der Waals surface area (Å²) >= 11 is 0. The highest BCUT2D eigenvalue weighted by Crippen LogP contribution is 2.45. The van der Waals surface area contributed by atoms with E-state index in [0.29, 0.717) is 29.9 Å². The lowest BCUT2D eigenvalue weighted by Crippen LogP contribution is -2.60. The number of fused-ring (bicyclic) bond motifs is 1. The number of benzene rings is 1. The van der Waals surface area contributed by atoms with Crippen LogP contribution >= 0.6 is 0 Å². The van der Waals surface area contributed by atoms with Gasteiger partial charge in [0.2, 0.25) is 27.7 Å². The Morgan fingerprint density at radius 3 is 2.47 bits per heavy atom. The number of alkyl carbamates (subject to hydrolysis) is 1. The molecule has 1 aromatic carbocycles. The van der Waals surface area contributed by atoms with E-state index >= 15 is 0 Å². The fraction of sp³-hybridized carbons (Fsp3) is 0.531. The standard InChI is InChI=1S/C32H41N5O9S/c1-7-19-16-32(19,29(40)36-47(42,43)22-9-10-22)35-26(38)24-15-21(17-37(24)28(39)25(31(2,3)4)34-30(41)45-6)46-27-23-11-8-20(44-5)14-18(23)12-13-33-27/h7-8,11-14,19,21-22,24-25H,1,9-10,15-17H2,2-6H3,(H,34,41)(H,35,38)(H,36,40). The van der Waals surface area contributed by atoms with Gasteiger partial charge in [-0.05, 0) is 54.3 Å². The van der Waals surface area contributed by atoms with E-state index < -0.39 is 74.1 Å². The molecular formula is C32H41N5O9S. The van der Waals surface area contributed by atoms with E-state index in [0.717, 1.165) is 5.39 Å². The van der Waals surface area contributed by atoms with Gasteiger partial charge in [-0.15, -0.1) is 6.58 Å². The molecule has 0 radical (unpaired) electrons. The van der Waals surface area contributed by atoms with E-state index in [4.69, 9.17) is 14.2 Å². The van der Waals surface area contributed by atoms with E-state index in [1.807, 2.05) is 6.07 Å². The number of sulfonamides is 1. The van der Waals surface area contributed by atoms with E-state index in [1.165, 1.54) is 18.1 Å². The Labute approximate surface area is 273 Å².